The van der Waals surface area contributed by atoms with Crippen molar-refractivity contribution in [2.24, 2.45) is 0 Å². The Morgan fingerprint density at radius 3 is 0.907 bits per heavy atom. The summed E-state index contributed by atoms with van der Waals surface area (Å²) in [6.45, 7) is 0.0443. The Labute approximate surface area is 253 Å². The molecule has 0 aliphatic heterocycles. The van der Waals surface area contributed by atoms with Crippen molar-refractivity contribution in [3.05, 3.63) is 151 Å². The Morgan fingerprint density at radius 2 is 0.651 bits per heavy atom. The second kappa shape index (κ2) is 12.7. The molecule has 0 heterocycles. The van der Waals surface area contributed by atoms with Crippen LogP contribution in [-0.4, -0.2) is 19.3 Å². The van der Waals surface area contributed by atoms with Crippen molar-refractivity contribution in [1.29, 1.82) is 0 Å². The summed E-state index contributed by atoms with van der Waals surface area (Å²) in [5, 5.41) is 9.40. The molecule has 0 aliphatic carbocycles. The number of anilines is 3. The monoisotopic (exact) mass is 563 g/mol. The van der Waals surface area contributed by atoms with Gasteiger partial charge in [-0.2, -0.15) is 0 Å². The van der Waals surface area contributed by atoms with Crippen LogP contribution in [0.2, 0.25) is 0 Å². The normalized spacial score (nSPS) is 10.8. The fourth-order valence-corrected chi connectivity index (χ4v) is 5.23. The molecule has 0 atom stereocenters. The lowest BCUT2D eigenvalue weighted by molar-refractivity contribution is 0.282. The number of aliphatic hydroxyl groups excluding tert-OH is 1. The van der Waals surface area contributed by atoms with Crippen LogP contribution >= 0.6 is 0 Å². The number of methoxy groups -OCH3 is 2. The first-order valence-electron chi connectivity index (χ1n) is 14.2. The van der Waals surface area contributed by atoms with Crippen LogP contribution in [0.15, 0.2) is 146 Å². The van der Waals surface area contributed by atoms with E-state index in [1.165, 1.54) is 0 Å². The molecule has 0 aliphatic rings. The molecule has 0 radical (unpaired) electrons. The van der Waals surface area contributed by atoms with Crippen LogP contribution in [-0.2, 0) is 6.61 Å². The number of rotatable bonds is 9. The van der Waals surface area contributed by atoms with Gasteiger partial charge in [-0.3, -0.25) is 0 Å². The fraction of sp³-hybridized carbons (Fsp3) is 0.0769. The SMILES string of the molecule is COc1ccc(-c2ccc(N(c3ccc(-c4ccc(CO)cc4)cc3)c3ccc(-c4ccc(OC)cc4)cc3)cc2)cc1. The standard InChI is InChI=1S/C39H33NO3/c1-42-38-23-13-33(14-24-38)31-9-19-36(20-10-31)40(35-17-7-30(8-18-35)29-5-3-28(27-41)4-6-29)37-21-11-32(12-22-37)34-15-25-39(43-2)26-16-34/h3-26,41H,27H2,1-2H3. The Hall–Kier alpha value is -5.32. The zero-order chi connectivity index (χ0) is 29.6. The molecule has 0 bridgehead atoms. The second-order valence-electron chi connectivity index (χ2n) is 10.3. The summed E-state index contributed by atoms with van der Waals surface area (Å²) in [6, 6.07) is 50.2. The van der Waals surface area contributed by atoms with Crippen molar-refractivity contribution in [2.75, 3.05) is 19.1 Å². The van der Waals surface area contributed by atoms with Gasteiger partial charge in [0.15, 0.2) is 0 Å². The molecule has 0 amide bonds. The number of benzene rings is 6. The largest absolute Gasteiger partial charge is 0.497 e. The van der Waals surface area contributed by atoms with E-state index in [-0.39, 0.29) is 6.61 Å². The van der Waals surface area contributed by atoms with Crippen LogP contribution in [0.4, 0.5) is 17.1 Å². The van der Waals surface area contributed by atoms with E-state index in [0.717, 1.165) is 67.5 Å². The van der Waals surface area contributed by atoms with E-state index in [0.29, 0.717) is 0 Å². The molecular formula is C39H33NO3. The van der Waals surface area contributed by atoms with Crippen molar-refractivity contribution < 1.29 is 14.6 Å². The van der Waals surface area contributed by atoms with Crippen molar-refractivity contribution in [3.8, 4) is 44.9 Å². The number of nitrogens with zero attached hydrogens (tertiary/aromatic N) is 1. The predicted molar refractivity (Wildman–Crippen MR) is 176 cm³/mol. The molecule has 4 heteroatoms. The van der Waals surface area contributed by atoms with E-state index in [1.807, 2.05) is 48.5 Å². The number of hydrogen-bond acceptors (Lipinski definition) is 4. The van der Waals surface area contributed by atoms with Gasteiger partial charge in [-0.05, 0) is 99.6 Å². The van der Waals surface area contributed by atoms with Gasteiger partial charge in [0.1, 0.15) is 11.5 Å². The van der Waals surface area contributed by atoms with E-state index >= 15 is 0 Å². The minimum Gasteiger partial charge on any atom is -0.497 e. The third-order valence-electron chi connectivity index (χ3n) is 7.69. The van der Waals surface area contributed by atoms with E-state index in [1.54, 1.807) is 14.2 Å². The number of ether oxygens (including phenoxy) is 2. The molecule has 6 rings (SSSR count). The zero-order valence-electron chi connectivity index (χ0n) is 24.3. The van der Waals surface area contributed by atoms with Gasteiger partial charge in [-0.15, -0.1) is 0 Å². The van der Waals surface area contributed by atoms with Gasteiger partial charge in [-0.25, -0.2) is 0 Å². The molecule has 0 saturated carbocycles. The highest BCUT2D eigenvalue weighted by atomic mass is 16.5. The van der Waals surface area contributed by atoms with Gasteiger partial charge >= 0.3 is 0 Å². The third kappa shape index (κ3) is 6.15. The van der Waals surface area contributed by atoms with Crippen molar-refractivity contribution in [3.63, 3.8) is 0 Å². The van der Waals surface area contributed by atoms with E-state index < -0.39 is 0 Å². The molecule has 212 valence electrons. The highest BCUT2D eigenvalue weighted by Gasteiger charge is 2.14. The Kier molecular flexibility index (Phi) is 8.21. The van der Waals surface area contributed by atoms with Gasteiger partial charge in [0.05, 0.1) is 20.8 Å². The van der Waals surface area contributed by atoms with Crippen LogP contribution in [0, 0.1) is 0 Å². The lowest BCUT2D eigenvalue weighted by atomic mass is 10.0. The van der Waals surface area contributed by atoms with Gasteiger partial charge in [0.2, 0.25) is 0 Å². The minimum atomic E-state index is 0.0443. The van der Waals surface area contributed by atoms with Gasteiger partial charge < -0.3 is 19.5 Å². The Balaban J connectivity index is 1.34. The fourth-order valence-electron chi connectivity index (χ4n) is 5.23. The molecule has 4 nitrogen and oxygen atoms in total. The lowest BCUT2D eigenvalue weighted by Crippen LogP contribution is -2.09. The van der Waals surface area contributed by atoms with E-state index in [9.17, 15) is 5.11 Å². The topological polar surface area (TPSA) is 41.9 Å². The van der Waals surface area contributed by atoms with Crippen LogP contribution in [0.25, 0.3) is 33.4 Å². The molecule has 0 spiro atoms. The van der Waals surface area contributed by atoms with Gasteiger partial charge in [-0.1, -0.05) is 84.9 Å². The molecule has 0 fully saturated rings. The molecule has 0 unspecified atom stereocenters. The predicted octanol–water partition coefficient (Wildman–Crippen LogP) is 9.67. The van der Waals surface area contributed by atoms with Crippen molar-refractivity contribution >= 4 is 17.1 Å². The first-order valence-corrected chi connectivity index (χ1v) is 14.2. The zero-order valence-corrected chi connectivity index (χ0v) is 24.3. The molecule has 6 aromatic carbocycles. The summed E-state index contributed by atoms with van der Waals surface area (Å²) in [5.41, 5.74) is 10.9. The van der Waals surface area contributed by atoms with E-state index in [2.05, 4.69) is 102 Å². The molecule has 6 aromatic rings. The Morgan fingerprint density at radius 1 is 0.395 bits per heavy atom. The summed E-state index contributed by atoms with van der Waals surface area (Å²) in [6.07, 6.45) is 0. The Bertz CT molecular complexity index is 1540. The second-order valence-corrected chi connectivity index (χ2v) is 10.3. The molecular weight excluding hydrogens is 530 g/mol. The van der Waals surface area contributed by atoms with E-state index in [4.69, 9.17) is 9.47 Å². The maximum atomic E-state index is 9.40. The highest BCUT2D eigenvalue weighted by Crippen LogP contribution is 2.38. The van der Waals surface area contributed by atoms with Gasteiger partial charge in [0, 0.05) is 17.1 Å². The van der Waals surface area contributed by atoms with Crippen molar-refractivity contribution in [2.45, 2.75) is 6.61 Å². The minimum absolute atomic E-state index is 0.0443. The summed E-state index contributed by atoms with van der Waals surface area (Å²) in [4.78, 5) is 2.27. The maximum absolute atomic E-state index is 9.40. The molecule has 0 saturated heterocycles. The average molecular weight is 564 g/mol. The first kappa shape index (κ1) is 27.8. The lowest BCUT2D eigenvalue weighted by Gasteiger charge is -2.26. The highest BCUT2D eigenvalue weighted by molar-refractivity contribution is 5.81. The van der Waals surface area contributed by atoms with Gasteiger partial charge in [0.25, 0.3) is 0 Å². The van der Waals surface area contributed by atoms with Crippen molar-refractivity contribution in [1.82, 2.24) is 0 Å². The smallest absolute Gasteiger partial charge is 0.118 e. The average Bonchev–Trinajstić information content (AvgIpc) is 3.09. The summed E-state index contributed by atoms with van der Waals surface area (Å²) < 4.78 is 10.7. The molecule has 0 aromatic heterocycles. The third-order valence-corrected chi connectivity index (χ3v) is 7.69. The summed E-state index contributed by atoms with van der Waals surface area (Å²) in [5.74, 6) is 1.69. The van der Waals surface area contributed by atoms with Crippen LogP contribution in [0.3, 0.4) is 0 Å². The van der Waals surface area contributed by atoms with Crippen LogP contribution < -0.4 is 14.4 Å². The van der Waals surface area contributed by atoms with Crippen LogP contribution in [0.5, 0.6) is 11.5 Å². The van der Waals surface area contributed by atoms with Crippen LogP contribution in [0.1, 0.15) is 5.56 Å². The number of hydrogen-bond donors (Lipinski definition) is 1. The molecule has 1 N–H and O–H groups in total. The number of aliphatic hydroxyl groups is 1. The summed E-state index contributed by atoms with van der Waals surface area (Å²) >= 11 is 0. The maximum Gasteiger partial charge on any atom is 0.118 e. The first-order chi connectivity index (χ1) is 21.1. The summed E-state index contributed by atoms with van der Waals surface area (Å²) in [7, 11) is 3.36. The quantitative estimate of drug-likeness (QED) is 0.190. The molecule has 43 heavy (non-hydrogen) atoms.